The molecule has 0 unspecified atom stereocenters. The average Bonchev–Trinajstić information content (AvgIpc) is 3.08. The van der Waals surface area contributed by atoms with Crippen LogP contribution in [0.1, 0.15) is 19.4 Å². The summed E-state index contributed by atoms with van der Waals surface area (Å²) >= 11 is 0. The Bertz CT molecular complexity index is 1830. The number of aliphatic hydroxyl groups is 1. The fraction of sp³-hybridized carbons (Fsp3) is 0.294. The zero-order valence-electron chi connectivity index (χ0n) is 25.8. The number of aliphatic hydroxyl groups excluding tert-OH is 1. The van der Waals surface area contributed by atoms with Gasteiger partial charge in [-0.05, 0) is 60.8 Å². The van der Waals surface area contributed by atoms with Gasteiger partial charge in [0.2, 0.25) is 5.91 Å². The van der Waals surface area contributed by atoms with Gasteiger partial charge in [-0.25, -0.2) is 17.6 Å². The van der Waals surface area contributed by atoms with Crippen molar-refractivity contribution in [2.24, 2.45) is 5.92 Å². The third kappa shape index (κ3) is 7.40. The summed E-state index contributed by atoms with van der Waals surface area (Å²) in [7, 11) is -2.38. The minimum atomic E-state index is -4.04. The third-order valence-corrected chi connectivity index (χ3v) is 9.52. The van der Waals surface area contributed by atoms with Gasteiger partial charge in [-0.2, -0.15) is 0 Å². The molecule has 0 spiro atoms. The smallest absolute Gasteiger partial charge is 0.321 e. The van der Waals surface area contributed by atoms with Gasteiger partial charge < -0.3 is 25.0 Å². The first kappa shape index (κ1) is 32.7. The number of carbonyl (C=O) groups is 2. The molecular formula is C34H37FN4O6S. The lowest BCUT2D eigenvalue weighted by Crippen LogP contribution is -2.48. The van der Waals surface area contributed by atoms with Crippen molar-refractivity contribution in [2.75, 3.05) is 36.8 Å². The lowest BCUT2D eigenvalue weighted by atomic mass is 10.0. The van der Waals surface area contributed by atoms with Crippen molar-refractivity contribution in [3.63, 3.8) is 0 Å². The van der Waals surface area contributed by atoms with E-state index < -0.39 is 28.0 Å². The number of nitrogens with one attached hydrogen (secondary N) is 2. The minimum Gasteiger partial charge on any atom is -0.488 e. The summed E-state index contributed by atoms with van der Waals surface area (Å²) in [5.41, 5.74) is 1.30. The molecule has 3 atom stereocenters. The molecule has 3 N–H and O–H groups in total. The molecule has 4 aromatic carbocycles. The van der Waals surface area contributed by atoms with Crippen LogP contribution in [0, 0.1) is 11.7 Å². The maximum Gasteiger partial charge on any atom is 0.321 e. The summed E-state index contributed by atoms with van der Waals surface area (Å²) in [6, 6.07) is 21.7. The zero-order valence-corrected chi connectivity index (χ0v) is 26.6. The highest BCUT2D eigenvalue weighted by molar-refractivity contribution is 7.92. The fourth-order valence-corrected chi connectivity index (χ4v) is 6.49. The van der Waals surface area contributed by atoms with Crippen LogP contribution < -0.4 is 14.8 Å². The normalized spacial score (nSPS) is 17.6. The Morgan fingerprint density at radius 1 is 1.09 bits per heavy atom. The van der Waals surface area contributed by atoms with E-state index in [1.54, 1.807) is 24.9 Å². The lowest BCUT2D eigenvalue weighted by Gasteiger charge is -2.34. The first-order chi connectivity index (χ1) is 21.9. The van der Waals surface area contributed by atoms with Crippen LogP contribution in [-0.4, -0.2) is 74.2 Å². The van der Waals surface area contributed by atoms with Crippen molar-refractivity contribution in [2.45, 2.75) is 37.3 Å². The number of likely N-dealkylation sites (N-methyl/N-ethyl adjacent to an activating group) is 1. The summed E-state index contributed by atoms with van der Waals surface area (Å²) in [4.78, 5) is 29.9. The summed E-state index contributed by atoms with van der Waals surface area (Å²) in [5, 5.41) is 14.8. The number of urea groups is 1. The molecule has 0 saturated heterocycles. The van der Waals surface area contributed by atoms with Gasteiger partial charge in [-0.15, -0.1) is 0 Å². The number of sulfonamides is 1. The molecule has 3 amide bonds. The van der Waals surface area contributed by atoms with E-state index in [4.69, 9.17) is 4.74 Å². The molecule has 0 aliphatic carbocycles. The number of fused-ring (bicyclic) bond motifs is 2. The van der Waals surface area contributed by atoms with Gasteiger partial charge in [0.1, 0.15) is 17.7 Å². The van der Waals surface area contributed by atoms with Crippen molar-refractivity contribution in [1.29, 1.82) is 0 Å². The largest absolute Gasteiger partial charge is 0.488 e. The van der Waals surface area contributed by atoms with Crippen molar-refractivity contribution in [1.82, 2.24) is 9.80 Å². The van der Waals surface area contributed by atoms with Gasteiger partial charge in [-0.1, -0.05) is 43.3 Å². The number of hydrogen-bond acceptors (Lipinski definition) is 6. The number of halogens is 1. The molecule has 0 aromatic heterocycles. The van der Waals surface area contributed by atoms with E-state index in [9.17, 15) is 27.5 Å². The standard InChI is InChI=1S/C34H37FN4O6S/c1-22-19-39(23(2)21-40)33(41)18-25-17-27(37-46(43,44)28-14-11-26(35)12-15-28)13-16-31(25)45-32(22)20-38(3)34(42)36-30-10-6-8-24-7-4-5-9-29(24)30/h4-17,22-23,32,37,40H,18-21H2,1-3H3,(H,36,42)/t22-,23+,32+/m0/s1. The number of benzene rings is 4. The van der Waals surface area contributed by atoms with E-state index in [0.717, 1.165) is 35.0 Å². The number of hydrogen-bond donors (Lipinski definition) is 3. The molecule has 4 aromatic rings. The maximum atomic E-state index is 13.5. The van der Waals surface area contributed by atoms with Crippen molar-refractivity contribution in [3.05, 3.63) is 96.3 Å². The quantitative estimate of drug-likeness (QED) is 0.244. The second-order valence-electron chi connectivity index (χ2n) is 11.6. The number of rotatable bonds is 8. The van der Waals surface area contributed by atoms with E-state index in [0.29, 0.717) is 17.0 Å². The molecule has 5 rings (SSSR count). The summed E-state index contributed by atoms with van der Waals surface area (Å²) in [6.07, 6.45) is -0.675. The fourth-order valence-electron chi connectivity index (χ4n) is 5.44. The number of amides is 3. The average molecular weight is 649 g/mol. The molecule has 0 radical (unpaired) electrons. The van der Waals surface area contributed by atoms with Crippen LogP contribution in [0.3, 0.4) is 0 Å². The van der Waals surface area contributed by atoms with Gasteiger partial charge in [0.25, 0.3) is 10.0 Å². The van der Waals surface area contributed by atoms with Gasteiger partial charge in [0.05, 0.1) is 36.2 Å². The molecule has 0 saturated carbocycles. The predicted octanol–water partition coefficient (Wildman–Crippen LogP) is 5.09. The highest BCUT2D eigenvalue weighted by Crippen LogP contribution is 2.30. The van der Waals surface area contributed by atoms with Crippen LogP contribution >= 0.6 is 0 Å². The van der Waals surface area contributed by atoms with Gasteiger partial charge in [-0.3, -0.25) is 9.52 Å². The molecule has 1 heterocycles. The molecule has 46 heavy (non-hydrogen) atoms. The molecule has 0 bridgehead atoms. The van der Waals surface area contributed by atoms with Gasteiger partial charge >= 0.3 is 6.03 Å². The first-order valence-electron chi connectivity index (χ1n) is 14.9. The van der Waals surface area contributed by atoms with E-state index in [-0.39, 0.29) is 54.6 Å². The highest BCUT2D eigenvalue weighted by atomic mass is 32.2. The number of ether oxygens (including phenoxy) is 1. The Labute approximate surface area is 267 Å². The van der Waals surface area contributed by atoms with Crippen LogP contribution in [0.25, 0.3) is 10.8 Å². The Kier molecular flexibility index (Phi) is 9.78. The van der Waals surface area contributed by atoms with E-state index in [2.05, 4.69) is 10.0 Å². The predicted molar refractivity (Wildman–Crippen MR) is 175 cm³/mol. The van der Waals surface area contributed by atoms with Crippen LogP contribution in [-0.2, 0) is 21.2 Å². The van der Waals surface area contributed by atoms with Gasteiger partial charge in [0, 0.05) is 36.1 Å². The highest BCUT2D eigenvalue weighted by Gasteiger charge is 2.32. The zero-order chi connectivity index (χ0) is 33.0. The molecule has 1 aliphatic heterocycles. The summed E-state index contributed by atoms with van der Waals surface area (Å²) in [6.45, 7) is 3.85. The minimum absolute atomic E-state index is 0.108. The molecule has 0 fully saturated rings. The van der Waals surface area contributed by atoms with Crippen molar-refractivity contribution < 1.29 is 32.2 Å². The Hall–Kier alpha value is -4.68. The molecule has 12 heteroatoms. The molecule has 10 nitrogen and oxygen atoms in total. The Balaban J connectivity index is 1.41. The topological polar surface area (TPSA) is 128 Å². The Morgan fingerprint density at radius 2 is 1.80 bits per heavy atom. The SMILES string of the molecule is C[C@H](CO)N1C[C@H](C)[C@@H](CN(C)C(=O)Nc2cccc3ccccc23)Oc2ccc(NS(=O)(=O)c3ccc(F)cc3)cc2CC1=O. The van der Waals surface area contributed by atoms with Crippen molar-refractivity contribution in [3.8, 4) is 5.75 Å². The molecular weight excluding hydrogens is 611 g/mol. The number of anilines is 2. The molecule has 1 aliphatic rings. The summed E-state index contributed by atoms with van der Waals surface area (Å²) < 4.78 is 48.3. The number of carbonyl (C=O) groups excluding carboxylic acids is 2. The van der Waals surface area contributed by atoms with E-state index >= 15 is 0 Å². The number of nitrogens with zero attached hydrogens (tertiary/aromatic N) is 2. The van der Waals surface area contributed by atoms with E-state index in [1.807, 2.05) is 49.4 Å². The lowest BCUT2D eigenvalue weighted by molar-refractivity contribution is -0.134. The van der Waals surface area contributed by atoms with Crippen LogP contribution in [0.5, 0.6) is 5.75 Å². The third-order valence-electron chi connectivity index (χ3n) is 8.12. The summed E-state index contributed by atoms with van der Waals surface area (Å²) in [5.74, 6) is -0.710. The maximum absolute atomic E-state index is 13.5. The van der Waals surface area contributed by atoms with Crippen LogP contribution in [0.2, 0.25) is 0 Å². The monoisotopic (exact) mass is 648 g/mol. The molecule has 242 valence electrons. The van der Waals surface area contributed by atoms with Gasteiger partial charge in [0.15, 0.2) is 0 Å². The van der Waals surface area contributed by atoms with Crippen LogP contribution in [0.4, 0.5) is 20.6 Å². The first-order valence-corrected chi connectivity index (χ1v) is 16.4. The van der Waals surface area contributed by atoms with Crippen molar-refractivity contribution >= 4 is 44.1 Å². The van der Waals surface area contributed by atoms with Crippen LogP contribution in [0.15, 0.2) is 89.8 Å². The second kappa shape index (κ2) is 13.8. The second-order valence-corrected chi connectivity index (χ2v) is 13.3. The Morgan fingerprint density at radius 3 is 2.54 bits per heavy atom. The van der Waals surface area contributed by atoms with E-state index in [1.165, 1.54) is 17.0 Å².